The molecule has 7 nitrogen and oxygen atoms in total. The maximum atomic E-state index is 12.3. The van der Waals surface area contributed by atoms with Crippen LogP contribution < -0.4 is 10.6 Å². The van der Waals surface area contributed by atoms with Crippen LogP contribution in [-0.4, -0.2) is 52.2 Å². The average molecular weight is 335 g/mol. The lowest BCUT2D eigenvalue weighted by atomic mass is 9.94. The van der Waals surface area contributed by atoms with E-state index in [4.69, 9.17) is 0 Å². The molecular formula is C17H29N5O2. The van der Waals surface area contributed by atoms with Gasteiger partial charge in [0.25, 0.3) is 0 Å². The number of hydrogen-bond donors (Lipinski definition) is 2. The zero-order chi connectivity index (χ0) is 17.7. The van der Waals surface area contributed by atoms with E-state index in [9.17, 15) is 9.59 Å². The second kappa shape index (κ2) is 7.79. The Kier molecular flexibility index (Phi) is 5.99. The molecule has 1 unspecified atom stereocenters. The fourth-order valence-electron chi connectivity index (χ4n) is 2.90. The topological polar surface area (TPSA) is 79.3 Å². The number of nitrogens with zero attached hydrogens (tertiary/aromatic N) is 3. The van der Waals surface area contributed by atoms with E-state index in [1.807, 2.05) is 17.8 Å². The van der Waals surface area contributed by atoms with Crippen LogP contribution in [0.1, 0.15) is 39.7 Å². The van der Waals surface area contributed by atoms with Gasteiger partial charge in [0.2, 0.25) is 11.8 Å². The zero-order valence-electron chi connectivity index (χ0n) is 15.1. The van der Waals surface area contributed by atoms with E-state index in [0.29, 0.717) is 13.1 Å². The third kappa shape index (κ3) is 5.33. The summed E-state index contributed by atoms with van der Waals surface area (Å²) in [7, 11) is 0. The second-order valence-electron chi connectivity index (χ2n) is 7.52. The smallest absolute Gasteiger partial charge is 0.237 e. The lowest BCUT2D eigenvalue weighted by Gasteiger charge is -2.38. The first-order valence-corrected chi connectivity index (χ1v) is 8.58. The highest BCUT2D eigenvalue weighted by Gasteiger charge is 2.33. The molecule has 2 amide bonds. The molecule has 1 fully saturated rings. The molecule has 1 atom stereocenters. The quantitative estimate of drug-likeness (QED) is 0.804. The molecule has 1 aromatic heterocycles. The molecule has 2 N–H and O–H groups in total. The Morgan fingerprint density at radius 1 is 1.46 bits per heavy atom. The molecule has 0 aromatic carbocycles. The van der Waals surface area contributed by atoms with E-state index in [2.05, 4.69) is 41.4 Å². The fourth-order valence-corrected chi connectivity index (χ4v) is 2.90. The number of piperazine rings is 1. The maximum absolute atomic E-state index is 12.3. The summed E-state index contributed by atoms with van der Waals surface area (Å²) in [5.74, 6) is -0.167. The van der Waals surface area contributed by atoms with Crippen LogP contribution in [0, 0.1) is 5.41 Å². The summed E-state index contributed by atoms with van der Waals surface area (Å²) in [6, 6.07) is -0.392. The van der Waals surface area contributed by atoms with E-state index in [1.54, 1.807) is 6.20 Å². The van der Waals surface area contributed by atoms with E-state index < -0.39 is 6.04 Å². The lowest BCUT2D eigenvalue weighted by molar-refractivity contribution is -0.134. The number of nitrogens with one attached hydrogen (secondary N) is 2. The molecule has 7 heteroatoms. The lowest BCUT2D eigenvalue weighted by Crippen LogP contribution is -2.58. The van der Waals surface area contributed by atoms with Gasteiger partial charge in [0.1, 0.15) is 0 Å². The van der Waals surface area contributed by atoms with Crippen LogP contribution in [0.15, 0.2) is 12.4 Å². The van der Waals surface area contributed by atoms with Gasteiger partial charge in [-0.05, 0) is 12.3 Å². The molecular weight excluding hydrogens is 306 g/mol. The summed E-state index contributed by atoms with van der Waals surface area (Å²) in [6.07, 6.45) is 3.85. The predicted octanol–water partition coefficient (Wildman–Crippen LogP) is 0.756. The highest BCUT2D eigenvalue weighted by molar-refractivity contribution is 5.88. The Balaban J connectivity index is 1.90. The zero-order valence-corrected chi connectivity index (χ0v) is 15.1. The Morgan fingerprint density at radius 3 is 2.83 bits per heavy atom. The van der Waals surface area contributed by atoms with Crippen molar-refractivity contribution < 1.29 is 9.59 Å². The highest BCUT2D eigenvalue weighted by Crippen LogP contribution is 2.19. The molecule has 0 saturated carbocycles. The molecule has 2 heterocycles. The van der Waals surface area contributed by atoms with E-state index in [0.717, 1.165) is 25.2 Å². The van der Waals surface area contributed by atoms with Crippen molar-refractivity contribution in [1.29, 1.82) is 0 Å². The number of amides is 2. The van der Waals surface area contributed by atoms with Crippen LogP contribution in [0.4, 0.5) is 0 Å². The van der Waals surface area contributed by atoms with Crippen molar-refractivity contribution in [2.75, 3.05) is 19.6 Å². The number of aromatic nitrogens is 2. The van der Waals surface area contributed by atoms with Crippen molar-refractivity contribution in [3.63, 3.8) is 0 Å². The van der Waals surface area contributed by atoms with Gasteiger partial charge >= 0.3 is 0 Å². The first-order chi connectivity index (χ1) is 11.3. The van der Waals surface area contributed by atoms with Crippen molar-refractivity contribution in [3.05, 3.63) is 18.0 Å². The Morgan fingerprint density at radius 2 is 2.21 bits per heavy atom. The molecule has 1 aliphatic rings. The van der Waals surface area contributed by atoms with Gasteiger partial charge in [0.15, 0.2) is 0 Å². The first-order valence-electron chi connectivity index (χ1n) is 8.58. The summed E-state index contributed by atoms with van der Waals surface area (Å²) in [5, 5.41) is 9.94. The third-order valence-electron chi connectivity index (χ3n) is 4.00. The van der Waals surface area contributed by atoms with Gasteiger partial charge < -0.3 is 10.6 Å². The summed E-state index contributed by atoms with van der Waals surface area (Å²) in [5.41, 5.74) is 1.05. The van der Waals surface area contributed by atoms with Crippen LogP contribution in [0.25, 0.3) is 0 Å². The Labute approximate surface area is 143 Å². The largest absolute Gasteiger partial charge is 0.353 e. The summed E-state index contributed by atoms with van der Waals surface area (Å²) < 4.78 is 1.82. The molecule has 1 aromatic rings. The fraction of sp³-hybridized carbons (Fsp3) is 0.706. The SMILES string of the molecule is CCn1cc(CNC(=O)CC2C(=O)NCCN2CC(C)(C)C)cn1. The Hall–Kier alpha value is -1.89. The highest BCUT2D eigenvalue weighted by atomic mass is 16.2. The third-order valence-corrected chi connectivity index (χ3v) is 4.00. The van der Waals surface area contributed by atoms with Crippen molar-refractivity contribution in [2.24, 2.45) is 5.41 Å². The minimum Gasteiger partial charge on any atom is -0.353 e. The molecule has 0 bridgehead atoms. The molecule has 2 rings (SSSR count). The molecule has 0 spiro atoms. The van der Waals surface area contributed by atoms with Gasteiger partial charge in [0, 0.05) is 44.5 Å². The molecule has 1 aliphatic heterocycles. The van der Waals surface area contributed by atoms with Gasteiger partial charge in [-0.3, -0.25) is 19.2 Å². The van der Waals surface area contributed by atoms with Crippen LogP contribution in [0.2, 0.25) is 0 Å². The second-order valence-corrected chi connectivity index (χ2v) is 7.52. The van der Waals surface area contributed by atoms with Crippen LogP contribution in [0.3, 0.4) is 0 Å². The predicted molar refractivity (Wildman–Crippen MR) is 92.2 cm³/mol. The van der Waals surface area contributed by atoms with E-state index in [-0.39, 0.29) is 23.7 Å². The summed E-state index contributed by atoms with van der Waals surface area (Å²) >= 11 is 0. The van der Waals surface area contributed by atoms with Crippen LogP contribution in [0.5, 0.6) is 0 Å². The monoisotopic (exact) mass is 335 g/mol. The normalized spacial score (nSPS) is 19.2. The number of carbonyl (C=O) groups is 2. The van der Waals surface area contributed by atoms with E-state index in [1.165, 1.54) is 0 Å². The van der Waals surface area contributed by atoms with Gasteiger partial charge in [0.05, 0.1) is 18.7 Å². The first kappa shape index (κ1) is 18.4. The molecule has 0 aliphatic carbocycles. The van der Waals surface area contributed by atoms with Crippen LogP contribution >= 0.6 is 0 Å². The summed E-state index contributed by atoms with van der Waals surface area (Å²) in [4.78, 5) is 26.6. The summed E-state index contributed by atoms with van der Waals surface area (Å²) in [6.45, 7) is 11.9. The average Bonchev–Trinajstić information content (AvgIpc) is 2.95. The van der Waals surface area contributed by atoms with Gasteiger partial charge in [-0.2, -0.15) is 5.10 Å². The van der Waals surface area contributed by atoms with E-state index >= 15 is 0 Å². The molecule has 1 saturated heterocycles. The van der Waals surface area contributed by atoms with Crippen molar-refractivity contribution in [2.45, 2.75) is 53.2 Å². The van der Waals surface area contributed by atoms with Crippen molar-refractivity contribution in [1.82, 2.24) is 25.3 Å². The number of aryl methyl sites for hydroxylation is 1. The standard InChI is InChI=1S/C17H29N5O2/c1-5-22-11-13(10-20-22)9-19-15(23)8-14-16(24)18-6-7-21(14)12-17(2,3)4/h10-11,14H,5-9,12H2,1-4H3,(H,18,24)(H,19,23). The minimum absolute atomic E-state index is 0.0561. The van der Waals surface area contributed by atoms with Crippen LogP contribution in [-0.2, 0) is 22.7 Å². The molecule has 134 valence electrons. The molecule has 24 heavy (non-hydrogen) atoms. The number of carbonyl (C=O) groups excluding carboxylic acids is 2. The number of hydrogen-bond acceptors (Lipinski definition) is 4. The molecule has 0 radical (unpaired) electrons. The number of rotatable bonds is 6. The minimum atomic E-state index is -0.392. The van der Waals surface area contributed by atoms with Gasteiger partial charge in [-0.15, -0.1) is 0 Å². The van der Waals surface area contributed by atoms with Crippen molar-refractivity contribution >= 4 is 11.8 Å². The van der Waals surface area contributed by atoms with Crippen molar-refractivity contribution in [3.8, 4) is 0 Å². The maximum Gasteiger partial charge on any atom is 0.237 e. The van der Waals surface area contributed by atoms with Gasteiger partial charge in [-0.25, -0.2) is 0 Å². The Bertz CT molecular complexity index is 576. The van der Waals surface area contributed by atoms with Gasteiger partial charge in [-0.1, -0.05) is 20.8 Å².